The second-order valence-corrected chi connectivity index (χ2v) is 5.34. The Morgan fingerprint density at radius 2 is 1.68 bits per heavy atom. The van der Waals surface area contributed by atoms with Gasteiger partial charge in [-0.25, -0.2) is 4.39 Å². The lowest BCUT2D eigenvalue weighted by Crippen LogP contribution is -2.33. The summed E-state index contributed by atoms with van der Waals surface area (Å²) in [4.78, 5) is 23.6. The van der Waals surface area contributed by atoms with Gasteiger partial charge in [0.15, 0.2) is 0 Å². The summed E-state index contributed by atoms with van der Waals surface area (Å²) in [7, 11) is 0. The normalized spacial score (nSPS) is 11.1. The first-order valence-corrected chi connectivity index (χ1v) is 7.25. The average molecular weight is 375 g/mol. The molecule has 0 fully saturated rings. The van der Waals surface area contributed by atoms with Crippen LogP contribution in [0.5, 0.6) is 0 Å². The molecule has 0 aromatic heterocycles. The van der Waals surface area contributed by atoms with Crippen molar-refractivity contribution < 1.29 is 27.2 Å². The van der Waals surface area contributed by atoms with Crippen LogP contribution in [0.15, 0.2) is 42.5 Å². The van der Waals surface area contributed by atoms with E-state index in [0.29, 0.717) is 6.07 Å². The highest BCUT2D eigenvalue weighted by atomic mass is 35.5. The van der Waals surface area contributed by atoms with Gasteiger partial charge in [0, 0.05) is 5.56 Å². The second-order valence-electron chi connectivity index (χ2n) is 4.93. The third kappa shape index (κ3) is 5.18. The molecule has 0 heterocycles. The van der Waals surface area contributed by atoms with E-state index in [9.17, 15) is 27.2 Å². The van der Waals surface area contributed by atoms with Crippen LogP contribution < -0.4 is 10.6 Å². The Kier molecular flexibility index (Phi) is 5.63. The van der Waals surface area contributed by atoms with Crippen LogP contribution in [0.25, 0.3) is 0 Å². The Hall–Kier alpha value is -2.61. The number of carbonyl (C=O) groups is 2. The molecule has 4 nitrogen and oxygen atoms in total. The molecule has 2 amide bonds. The third-order valence-corrected chi connectivity index (χ3v) is 3.41. The van der Waals surface area contributed by atoms with Crippen molar-refractivity contribution in [3.8, 4) is 0 Å². The lowest BCUT2D eigenvalue weighted by atomic mass is 10.2. The smallest absolute Gasteiger partial charge is 0.343 e. The fraction of sp³-hybridized carbons (Fsp3) is 0.125. The summed E-state index contributed by atoms with van der Waals surface area (Å²) in [6.07, 6.45) is -4.58. The summed E-state index contributed by atoms with van der Waals surface area (Å²) < 4.78 is 50.8. The van der Waals surface area contributed by atoms with E-state index in [1.54, 1.807) is 0 Å². The highest BCUT2D eigenvalue weighted by molar-refractivity contribution is 6.33. The number of benzene rings is 2. The molecule has 2 rings (SSSR count). The standard InChI is InChI=1S/C16H11ClF4N2O2/c17-12-6-3-10(16(19,20)21)7-13(12)23-14(24)8-22-15(25)9-1-4-11(18)5-2-9/h1-7H,8H2,(H,22,25)(H,23,24). The molecule has 0 aliphatic carbocycles. The van der Waals surface area contributed by atoms with E-state index in [0.717, 1.165) is 24.3 Å². The Bertz CT molecular complexity index is 792. The van der Waals surface area contributed by atoms with Crippen LogP contribution in [0.4, 0.5) is 23.2 Å². The fourth-order valence-electron chi connectivity index (χ4n) is 1.86. The van der Waals surface area contributed by atoms with Crippen molar-refractivity contribution >= 4 is 29.1 Å². The summed E-state index contributed by atoms with van der Waals surface area (Å²) in [5.74, 6) is -1.92. The number of carbonyl (C=O) groups excluding carboxylic acids is 2. The molecule has 0 spiro atoms. The lowest BCUT2D eigenvalue weighted by Gasteiger charge is -2.12. The van der Waals surface area contributed by atoms with Crippen LogP contribution in [0, 0.1) is 5.82 Å². The van der Waals surface area contributed by atoms with E-state index >= 15 is 0 Å². The average Bonchev–Trinajstić information content (AvgIpc) is 2.54. The van der Waals surface area contributed by atoms with Gasteiger partial charge in [-0.3, -0.25) is 9.59 Å². The van der Waals surface area contributed by atoms with E-state index < -0.39 is 35.9 Å². The number of halogens is 5. The Morgan fingerprint density at radius 1 is 1.04 bits per heavy atom. The largest absolute Gasteiger partial charge is 0.416 e. The van der Waals surface area contributed by atoms with Gasteiger partial charge in [-0.05, 0) is 42.5 Å². The zero-order valence-electron chi connectivity index (χ0n) is 12.5. The fourth-order valence-corrected chi connectivity index (χ4v) is 2.02. The second kappa shape index (κ2) is 7.52. The molecule has 0 unspecified atom stereocenters. The van der Waals surface area contributed by atoms with Crippen molar-refractivity contribution in [3.05, 3.63) is 64.4 Å². The first kappa shape index (κ1) is 18.7. The summed E-state index contributed by atoms with van der Waals surface area (Å²) >= 11 is 5.76. The monoisotopic (exact) mass is 374 g/mol. The number of hydrogen-bond donors (Lipinski definition) is 2. The Labute approximate surface area is 144 Å². The third-order valence-electron chi connectivity index (χ3n) is 3.08. The molecule has 25 heavy (non-hydrogen) atoms. The van der Waals surface area contributed by atoms with Gasteiger partial charge < -0.3 is 10.6 Å². The molecular weight excluding hydrogens is 364 g/mol. The van der Waals surface area contributed by atoms with Gasteiger partial charge in [0.2, 0.25) is 5.91 Å². The minimum Gasteiger partial charge on any atom is -0.343 e. The summed E-state index contributed by atoms with van der Waals surface area (Å²) in [5.41, 5.74) is -1.06. The van der Waals surface area contributed by atoms with E-state index in [1.807, 2.05) is 0 Å². The van der Waals surface area contributed by atoms with Crippen molar-refractivity contribution in [2.45, 2.75) is 6.18 Å². The number of rotatable bonds is 4. The lowest BCUT2D eigenvalue weighted by molar-refractivity contribution is -0.137. The van der Waals surface area contributed by atoms with Crippen LogP contribution in [0.3, 0.4) is 0 Å². The number of hydrogen-bond acceptors (Lipinski definition) is 2. The van der Waals surface area contributed by atoms with Gasteiger partial charge in [0.1, 0.15) is 5.82 Å². The first-order chi connectivity index (χ1) is 11.7. The number of alkyl halides is 3. The first-order valence-electron chi connectivity index (χ1n) is 6.87. The molecule has 0 bridgehead atoms. The van der Waals surface area contributed by atoms with Crippen molar-refractivity contribution in [2.75, 3.05) is 11.9 Å². The van der Waals surface area contributed by atoms with E-state index in [4.69, 9.17) is 11.6 Å². The van der Waals surface area contributed by atoms with Gasteiger partial charge in [-0.2, -0.15) is 13.2 Å². The van der Waals surface area contributed by atoms with Crippen molar-refractivity contribution in [2.24, 2.45) is 0 Å². The highest BCUT2D eigenvalue weighted by Crippen LogP contribution is 2.33. The van der Waals surface area contributed by atoms with Crippen LogP contribution in [0.1, 0.15) is 15.9 Å². The minimum absolute atomic E-state index is 0.0776. The van der Waals surface area contributed by atoms with Gasteiger partial charge in [0.25, 0.3) is 5.91 Å². The molecule has 2 aromatic rings. The van der Waals surface area contributed by atoms with Gasteiger partial charge in [-0.15, -0.1) is 0 Å². The SMILES string of the molecule is O=C(CNC(=O)c1ccc(F)cc1)Nc1cc(C(F)(F)F)ccc1Cl. The predicted octanol–water partition coefficient (Wildman–Crippen LogP) is 3.87. The summed E-state index contributed by atoms with van der Waals surface area (Å²) in [6, 6.07) is 7.11. The Balaban J connectivity index is 1.98. The van der Waals surface area contributed by atoms with Crippen molar-refractivity contribution in [1.29, 1.82) is 0 Å². The zero-order chi connectivity index (χ0) is 18.6. The molecule has 0 aliphatic rings. The zero-order valence-corrected chi connectivity index (χ0v) is 13.2. The molecule has 0 saturated carbocycles. The van der Waals surface area contributed by atoms with E-state index in [1.165, 1.54) is 12.1 Å². The van der Waals surface area contributed by atoms with Crippen LogP contribution in [0.2, 0.25) is 5.02 Å². The molecular formula is C16H11ClF4N2O2. The van der Waals surface area contributed by atoms with Crippen molar-refractivity contribution in [3.63, 3.8) is 0 Å². The Morgan fingerprint density at radius 3 is 2.28 bits per heavy atom. The topological polar surface area (TPSA) is 58.2 Å². The molecule has 0 aliphatic heterocycles. The predicted molar refractivity (Wildman–Crippen MR) is 83.8 cm³/mol. The molecule has 0 atom stereocenters. The highest BCUT2D eigenvalue weighted by Gasteiger charge is 2.31. The molecule has 0 radical (unpaired) electrons. The van der Waals surface area contributed by atoms with Gasteiger partial charge in [-0.1, -0.05) is 11.6 Å². The van der Waals surface area contributed by atoms with Crippen LogP contribution in [-0.4, -0.2) is 18.4 Å². The quantitative estimate of drug-likeness (QED) is 0.798. The van der Waals surface area contributed by atoms with Gasteiger partial charge >= 0.3 is 6.18 Å². The number of nitrogens with one attached hydrogen (secondary N) is 2. The minimum atomic E-state index is -4.58. The van der Waals surface area contributed by atoms with Gasteiger partial charge in [0.05, 0.1) is 22.8 Å². The van der Waals surface area contributed by atoms with Crippen LogP contribution in [-0.2, 0) is 11.0 Å². The molecule has 132 valence electrons. The summed E-state index contributed by atoms with van der Waals surface area (Å²) in [6.45, 7) is -0.497. The molecule has 0 saturated heterocycles. The number of amides is 2. The number of anilines is 1. The van der Waals surface area contributed by atoms with Crippen molar-refractivity contribution in [1.82, 2.24) is 5.32 Å². The maximum Gasteiger partial charge on any atom is 0.416 e. The summed E-state index contributed by atoms with van der Waals surface area (Å²) in [5, 5.41) is 4.38. The van der Waals surface area contributed by atoms with Crippen LogP contribution >= 0.6 is 11.6 Å². The maximum atomic E-state index is 12.8. The molecule has 2 aromatic carbocycles. The molecule has 9 heteroatoms. The van der Waals surface area contributed by atoms with E-state index in [2.05, 4.69) is 10.6 Å². The maximum absolute atomic E-state index is 12.8. The van der Waals surface area contributed by atoms with E-state index in [-0.39, 0.29) is 16.3 Å². The molecule has 2 N–H and O–H groups in total.